The predicted molar refractivity (Wildman–Crippen MR) is 49.9 cm³/mol. The van der Waals surface area contributed by atoms with Crippen LogP contribution in [0.15, 0.2) is 0 Å². The Morgan fingerprint density at radius 2 is 2.15 bits per heavy atom. The molecule has 1 amide bonds. The molecule has 74 valence electrons. The van der Waals surface area contributed by atoms with Gasteiger partial charge in [-0.15, -0.1) is 0 Å². The molecule has 2 fully saturated rings. The number of hydrogen-bond donors (Lipinski definition) is 2. The van der Waals surface area contributed by atoms with E-state index in [2.05, 4.69) is 0 Å². The summed E-state index contributed by atoms with van der Waals surface area (Å²) in [6.45, 7) is 2.78. The molecule has 1 aliphatic heterocycles. The first-order valence-corrected chi connectivity index (χ1v) is 4.90. The summed E-state index contributed by atoms with van der Waals surface area (Å²) in [6, 6.07) is 0.292. The smallest absolute Gasteiger partial charge is 0.242 e. The van der Waals surface area contributed by atoms with E-state index < -0.39 is 5.54 Å². The van der Waals surface area contributed by atoms with Gasteiger partial charge in [0, 0.05) is 18.6 Å². The number of carbonyl (C=O) groups is 1. The van der Waals surface area contributed by atoms with Crippen LogP contribution in [0.2, 0.25) is 0 Å². The van der Waals surface area contributed by atoms with Crippen molar-refractivity contribution in [2.24, 2.45) is 11.5 Å². The highest BCUT2D eigenvalue weighted by molar-refractivity contribution is 5.89. The first-order valence-electron chi connectivity index (χ1n) is 4.90. The van der Waals surface area contributed by atoms with Crippen LogP contribution < -0.4 is 11.5 Å². The number of carbonyl (C=O) groups excluding carboxylic acids is 1. The van der Waals surface area contributed by atoms with Crippen LogP contribution in [0.25, 0.3) is 0 Å². The zero-order chi connectivity index (χ0) is 9.64. The molecule has 2 unspecified atom stereocenters. The molecule has 4 heteroatoms. The predicted octanol–water partition coefficient (Wildman–Crippen LogP) is -0.574. The van der Waals surface area contributed by atoms with E-state index in [4.69, 9.17) is 11.5 Å². The highest BCUT2D eigenvalue weighted by atomic mass is 16.2. The average Bonchev–Trinajstić information content (AvgIpc) is 2.76. The summed E-state index contributed by atoms with van der Waals surface area (Å²) >= 11 is 0. The first-order chi connectivity index (χ1) is 6.04. The van der Waals surface area contributed by atoms with Crippen molar-refractivity contribution in [2.75, 3.05) is 6.54 Å². The fraction of sp³-hybridized carbons (Fsp3) is 0.889. The van der Waals surface area contributed by atoms with E-state index in [0.29, 0.717) is 0 Å². The standard InChI is InChI=1S/C9H17N3O/c1-6-7(10)2-5-12(6)8(13)9(11)3-4-9/h6-7H,2-5,10-11H2,1H3. The van der Waals surface area contributed by atoms with Crippen molar-refractivity contribution in [1.29, 1.82) is 0 Å². The topological polar surface area (TPSA) is 72.3 Å². The van der Waals surface area contributed by atoms with Crippen LogP contribution in [-0.2, 0) is 4.79 Å². The second kappa shape index (κ2) is 2.69. The second-order valence-electron chi connectivity index (χ2n) is 4.35. The third-order valence-electron chi connectivity index (χ3n) is 3.29. The Labute approximate surface area is 78.2 Å². The molecule has 0 radical (unpaired) electrons. The van der Waals surface area contributed by atoms with Gasteiger partial charge in [0.1, 0.15) is 0 Å². The molecule has 0 aromatic rings. The summed E-state index contributed by atoms with van der Waals surface area (Å²) in [5.74, 6) is 0.105. The Hall–Kier alpha value is -0.610. The highest BCUT2D eigenvalue weighted by Crippen LogP contribution is 2.35. The summed E-state index contributed by atoms with van der Waals surface area (Å²) in [7, 11) is 0. The largest absolute Gasteiger partial charge is 0.337 e. The number of likely N-dealkylation sites (tertiary alicyclic amines) is 1. The monoisotopic (exact) mass is 183 g/mol. The average molecular weight is 183 g/mol. The van der Waals surface area contributed by atoms with Crippen LogP contribution in [0.3, 0.4) is 0 Å². The van der Waals surface area contributed by atoms with Crippen molar-refractivity contribution < 1.29 is 4.79 Å². The van der Waals surface area contributed by atoms with E-state index in [1.54, 1.807) is 0 Å². The zero-order valence-electron chi connectivity index (χ0n) is 7.99. The molecule has 4 N–H and O–H groups in total. The van der Waals surface area contributed by atoms with Crippen LogP contribution in [0.4, 0.5) is 0 Å². The molecule has 0 aromatic heterocycles. The molecule has 2 rings (SSSR count). The van der Waals surface area contributed by atoms with Crippen LogP contribution in [0.5, 0.6) is 0 Å². The maximum absolute atomic E-state index is 11.8. The molecule has 0 aromatic carbocycles. The quantitative estimate of drug-likeness (QED) is 0.571. The number of nitrogens with two attached hydrogens (primary N) is 2. The van der Waals surface area contributed by atoms with Crippen LogP contribution in [0, 0.1) is 0 Å². The lowest BCUT2D eigenvalue weighted by Crippen LogP contribution is -2.49. The van der Waals surface area contributed by atoms with Crippen molar-refractivity contribution >= 4 is 5.91 Å². The lowest BCUT2D eigenvalue weighted by atomic mass is 10.1. The molecule has 4 nitrogen and oxygen atoms in total. The molecule has 0 bridgehead atoms. The van der Waals surface area contributed by atoms with Gasteiger partial charge in [0.25, 0.3) is 0 Å². The molecule has 13 heavy (non-hydrogen) atoms. The Bertz CT molecular complexity index is 237. The minimum atomic E-state index is -0.529. The van der Waals surface area contributed by atoms with Crippen LogP contribution in [0.1, 0.15) is 26.2 Å². The van der Waals surface area contributed by atoms with Gasteiger partial charge in [-0.2, -0.15) is 0 Å². The van der Waals surface area contributed by atoms with Gasteiger partial charge in [0.05, 0.1) is 5.54 Å². The summed E-state index contributed by atoms with van der Waals surface area (Å²) in [5.41, 5.74) is 11.2. The van der Waals surface area contributed by atoms with Crippen LogP contribution in [-0.4, -0.2) is 35.0 Å². The van der Waals surface area contributed by atoms with Gasteiger partial charge in [0.15, 0.2) is 0 Å². The maximum Gasteiger partial charge on any atom is 0.242 e. The Morgan fingerprint density at radius 1 is 1.54 bits per heavy atom. The van der Waals surface area contributed by atoms with E-state index in [0.717, 1.165) is 25.8 Å². The lowest BCUT2D eigenvalue weighted by Gasteiger charge is -2.26. The Morgan fingerprint density at radius 3 is 2.54 bits per heavy atom. The number of nitrogens with zero attached hydrogens (tertiary/aromatic N) is 1. The minimum absolute atomic E-state index is 0.105. The molecule has 1 aliphatic carbocycles. The Kier molecular flexibility index (Phi) is 1.85. The zero-order valence-corrected chi connectivity index (χ0v) is 7.99. The maximum atomic E-state index is 11.8. The van der Waals surface area contributed by atoms with Gasteiger partial charge in [-0.1, -0.05) is 0 Å². The molecular formula is C9H17N3O. The number of rotatable bonds is 1. The van der Waals surface area contributed by atoms with Crippen molar-refractivity contribution in [3.63, 3.8) is 0 Å². The van der Waals surface area contributed by atoms with Gasteiger partial charge in [-0.25, -0.2) is 0 Å². The summed E-state index contributed by atoms with van der Waals surface area (Å²) < 4.78 is 0. The summed E-state index contributed by atoms with van der Waals surface area (Å²) in [5, 5.41) is 0. The van der Waals surface area contributed by atoms with Gasteiger partial charge in [-0.3, -0.25) is 4.79 Å². The van der Waals surface area contributed by atoms with Gasteiger partial charge in [0.2, 0.25) is 5.91 Å². The lowest BCUT2D eigenvalue weighted by molar-refractivity contribution is -0.134. The highest BCUT2D eigenvalue weighted by Gasteiger charge is 2.50. The van der Waals surface area contributed by atoms with Crippen molar-refractivity contribution in [3.05, 3.63) is 0 Å². The van der Waals surface area contributed by atoms with E-state index in [-0.39, 0.29) is 18.0 Å². The van der Waals surface area contributed by atoms with Crippen molar-refractivity contribution in [1.82, 2.24) is 4.90 Å². The van der Waals surface area contributed by atoms with Gasteiger partial charge in [-0.05, 0) is 26.2 Å². The fourth-order valence-electron chi connectivity index (χ4n) is 1.89. The molecule has 2 aliphatic rings. The Balaban J connectivity index is 2.05. The van der Waals surface area contributed by atoms with Crippen molar-refractivity contribution in [3.8, 4) is 0 Å². The summed E-state index contributed by atoms with van der Waals surface area (Å²) in [4.78, 5) is 13.7. The fourth-order valence-corrected chi connectivity index (χ4v) is 1.89. The normalized spacial score (nSPS) is 36.4. The molecular weight excluding hydrogens is 166 g/mol. The SMILES string of the molecule is CC1C(N)CCN1C(=O)C1(N)CC1. The van der Waals surface area contributed by atoms with Gasteiger partial charge < -0.3 is 16.4 Å². The first kappa shape index (κ1) is 8.97. The number of hydrogen-bond acceptors (Lipinski definition) is 3. The molecule has 1 saturated heterocycles. The third-order valence-corrected chi connectivity index (χ3v) is 3.29. The third kappa shape index (κ3) is 1.34. The molecule has 0 spiro atoms. The molecule has 1 saturated carbocycles. The minimum Gasteiger partial charge on any atom is -0.337 e. The van der Waals surface area contributed by atoms with Crippen LogP contribution >= 0.6 is 0 Å². The van der Waals surface area contributed by atoms with E-state index >= 15 is 0 Å². The molecule has 2 atom stereocenters. The second-order valence-corrected chi connectivity index (χ2v) is 4.35. The van der Waals surface area contributed by atoms with E-state index in [1.165, 1.54) is 0 Å². The van der Waals surface area contributed by atoms with E-state index in [1.807, 2.05) is 11.8 Å². The molecule has 1 heterocycles. The summed E-state index contributed by atoms with van der Waals surface area (Å²) in [6.07, 6.45) is 2.58. The van der Waals surface area contributed by atoms with E-state index in [9.17, 15) is 4.79 Å². The van der Waals surface area contributed by atoms with Crippen molar-refractivity contribution in [2.45, 2.75) is 43.8 Å². The number of amides is 1. The van der Waals surface area contributed by atoms with Gasteiger partial charge >= 0.3 is 0 Å².